The highest BCUT2D eigenvalue weighted by molar-refractivity contribution is 7.87. The summed E-state index contributed by atoms with van der Waals surface area (Å²) in [5.74, 6) is -0.507. The van der Waals surface area contributed by atoms with Crippen molar-refractivity contribution in [2.45, 2.75) is 11.3 Å². The highest BCUT2D eigenvalue weighted by atomic mass is 32.2. The molecule has 0 fully saturated rings. The van der Waals surface area contributed by atoms with E-state index < -0.39 is 22.2 Å². The van der Waals surface area contributed by atoms with Gasteiger partial charge < -0.3 is 8.92 Å². The number of para-hydroxylation sites is 1. The molecule has 0 spiro atoms. The van der Waals surface area contributed by atoms with E-state index >= 15 is 0 Å². The van der Waals surface area contributed by atoms with Crippen LogP contribution in [0, 0.1) is 0 Å². The molecule has 0 aliphatic rings. The molecular formula is C16H10F3NO4S. The van der Waals surface area contributed by atoms with Gasteiger partial charge in [-0.1, -0.05) is 18.2 Å². The SMILES string of the molecule is O=S(=O)(Oc1cccc2cccnc12)c1ccc(OC(F)(F)F)cc1. The van der Waals surface area contributed by atoms with Gasteiger partial charge in [-0.15, -0.1) is 13.2 Å². The van der Waals surface area contributed by atoms with E-state index in [2.05, 4.69) is 9.72 Å². The molecule has 1 aromatic heterocycles. The van der Waals surface area contributed by atoms with Crippen molar-refractivity contribution in [3.63, 3.8) is 0 Å². The van der Waals surface area contributed by atoms with Gasteiger partial charge in [-0.2, -0.15) is 8.42 Å². The standard InChI is InChI=1S/C16H10F3NO4S/c17-16(18,19)23-12-6-8-13(9-7-12)25(21,22)24-14-5-1-3-11-4-2-10-20-15(11)14/h1-10H. The number of hydrogen-bond acceptors (Lipinski definition) is 5. The molecule has 3 rings (SSSR count). The minimum Gasteiger partial charge on any atom is -0.406 e. The first kappa shape index (κ1) is 17.0. The zero-order valence-electron chi connectivity index (χ0n) is 12.4. The quantitative estimate of drug-likeness (QED) is 0.653. The third-order valence-electron chi connectivity index (χ3n) is 3.14. The molecule has 2 aromatic carbocycles. The number of nitrogens with zero attached hydrogens (tertiary/aromatic N) is 1. The van der Waals surface area contributed by atoms with E-state index in [-0.39, 0.29) is 10.6 Å². The van der Waals surface area contributed by atoms with Gasteiger partial charge in [0.2, 0.25) is 0 Å². The van der Waals surface area contributed by atoms with E-state index in [0.717, 1.165) is 24.3 Å². The van der Waals surface area contributed by atoms with Crippen molar-refractivity contribution in [3.05, 3.63) is 60.8 Å². The van der Waals surface area contributed by atoms with Gasteiger partial charge in [-0.05, 0) is 36.4 Å². The number of rotatable bonds is 4. The molecule has 9 heteroatoms. The van der Waals surface area contributed by atoms with Gasteiger partial charge in [0.1, 0.15) is 16.2 Å². The molecule has 3 aromatic rings. The normalized spacial score (nSPS) is 12.1. The number of ether oxygens (including phenoxy) is 1. The smallest absolute Gasteiger partial charge is 0.406 e. The summed E-state index contributed by atoms with van der Waals surface area (Å²) in [6.07, 6.45) is -3.36. The highest BCUT2D eigenvalue weighted by Crippen LogP contribution is 2.28. The lowest BCUT2D eigenvalue weighted by Crippen LogP contribution is -2.17. The van der Waals surface area contributed by atoms with Crippen LogP contribution in [0.25, 0.3) is 10.9 Å². The summed E-state index contributed by atoms with van der Waals surface area (Å²) < 4.78 is 69.9. The molecule has 1 heterocycles. The fraction of sp³-hybridized carbons (Fsp3) is 0.0625. The van der Waals surface area contributed by atoms with Gasteiger partial charge >= 0.3 is 16.5 Å². The molecule has 0 saturated carbocycles. The van der Waals surface area contributed by atoms with Crippen molar-refractivity contribution in [2.75, 3.05) is 0 Å². The Bertz CT molecular complexity index is 997. The average molecular weight is 369 g/mol. The number of hydrogen-bond donors (Lipinski definition) is 0. The minimum atomic E-state index is -4.86. The Balaban J connectivity index is 1.89. The second kappa shape index (κ2) is 6.25. The van der Waals surface area contributed by atoms with Crippen LogP contribution in [0.5, 0.6) is 11.5 Å². The second-order valence-electron chi connectivity index (χ2n) is 4.89. The second-order valence-corrected chi connectivity index (χ2v) is 6.43. The first-order valence-electron chi connectivity index (χ1n) is 6.89. The van der Waals surface area contributed by atoms with Gasteiger partial charge in [0.25, 0.3) is 0 Å². The van der Waals surface area contributed by atoms with E-state index in [1.807, 2.05) is 0 Å². The largest absolute Gasteiger partial charge is 0.573 e. The highest BCUT2D eigenvalue weighted by Gasteiger charge is 2.31. The minimum absolute atomic E-state index is 0.0220. The Morgan fingerprint density at radius 2 is 1.60 bits per heavy atom. The predicted octanol–water partition coefficient (Wildman–Crippen LogP) is 3.90. The molecule has 5 nitrogen and oxygen atoms in total. The Labute approximate surface area is 140 Å². The number of pyridine rings is 1. The molecule has 25 heavy (non-hydrogen) atoms. The van der Waals surface area contributed by atoms with Crippen molar-refractivity contribution >= 4 is 21.0 Å². The third kappa shape index (κ3) is 4.00. The summed E-state index contributed by atoms with van der Waals surface area (Å²) in [6, 6.07) is 11.9. The molecular weight excluding hydrogens is 359 g/mol. The monoisotopic (exact) mass is 369 g/mol. The zero-order chi connectivity index (χ0) is 18.1. The fourth-order valence-corrected chi connectivity index (χ4v) is 3.05. The lowest BCUT2D eigenvalue weighted by atomic mass is 10.2. The van der Waals surface area contributed by atoms with Gasteiger partial charge in [-0.3, -0.25) is 4.98 Å². The molecule has 0 amide bonds. The van der Waals surface area contributed by atoms with Crippen molar-refractivity contribution in [1.29, 1.82) is 0 Å². The molecule has 0 aliphatic carbocycles. The molecule has 0 aliphatic heterocycles. The van der Waals surface area contributed by atoms with Crippen LogP contribution in [0.3, 0.4) is 0 Å². The summed E-state index contributed by atoms with van der Waals surface area (Å²) in [5.41, 5.74) is 0.352. The molecule has 0 bridgehead atoms. The maximum absolute atomic E-state index is 12.3. The van der Waals surface area contributed by atoms with Crippen LogP contribution >= 0.6 is 0 Å². The van der Waals surface area contributed by atoms with Crippen molar-refractivity contribution in [3.8, 4) is 11.5 Å². The number of benzene rings is 2. The molecule has 130 valence electrons. The van der Waals surface area contributed by atoms with E-state index in [9.17, 15) is 21.6 Å². The van der Waals surface area contributed by atoms with Crippen LogP contribution in [0.15, 0.2) is 65.7 Å². The Morgan fingerprint density at radius 3 is 2.28 bits per heavy atom. The van der Waals surface area contributed by atoms with Gasteiger partial charge in [-0.25, -0.2) is 0 Å². The Hall–Kier alpha value is -2.81. The number of alkyl halides is 3. The molecule has 0 radical (unpaired) electrons. The Kier molecular flexibility index (Phi) is 4.25. The zero-order valence-corrected chi connectivity index (χ0v) is 13.2. The van der Waals surface area contributed by atoms with Gasteiger partial charge in [0, 0.05) is 11.6 Å². The number of halogens is 3. The lowest BCUT2D eigenvalue weighted by Gasteiger charge is -2.11. The van der Waals surface area contributed by atoms with Crippen molar-refractivity contribution in [1.82, 2.24) is 4.98 Å². The maximum Gasteiger partial charge on any atom is 0.573 e. The van der Waals surface area contributed by atoms with E-state index in [4.69, 9.17) is 4.18 Å². The summed E-state index contributed by atoms with van der Waals surface area (Å²) in [6.45, 7) is 0. The predicted molar refractivity (Wildman–Crippen MR) is 82.7 cm³/mol. The summed E-state index contributed by atoms with van der Waals surface area (Å²) in [7, 11) is -4.24. The van der Waals surface area contributed by atoms with Crippen LogP contribution in [0.1, 0.15) is 0 Å². The lowest BCUT2D eigenvalue weighted by molar-refractivity contribution is -0.274. The van der Waals surface area contributed by atoms with E-state index in [0.29, 0.717) is 10.9 Å². The summed E-state index contributed by atoms with van der Waals surface area (Å²) in [4.78, 5) is 3.77. The van der Waals surface area contributed by atoms with Crippen LogP contribution in [0.2, 0.25) is 0 Å². The molecule has 0 saturated heterocycles. The van der Waals surface area contributed by atoms with Crippen molar-refractivity contribution < 1.29 is 30.5 Å². The summed E-state index contributed by atoms with van der Waals surface area (Å²) in [5, 5.41) is 0.684. The van der Waals surface area contributed by atoms with Crippen LogP contribution in [-0.2, 0) is 10.1 Å². The van der Waals surface area contributed by atoms with E-state index in [1.165, 1.54) is 12.3 Å². The van der Waals surface area contributed by atoms with Gasteiger partial charge in [0.15, 0.2) is 5.75 Å². The molecule has 0 atom stereocenters. The fourth-order valence-electron chi connectivity index (χ4n) is 2.12. The molecule has 0 N–H and O–H groups in total. The average Bonchev–Trinajstić information content (AvgIpc) is 2.54. The first-order valence-corrected chi connectivity index (χ1v) is 8.29. The maximum atomic E-state index is 12.3. The van der Waals surface area contributed by atoms with Crippen molar-refractivity contribution in [2.24, 2.45) is 0 Å². The number of fused-ring (bicyclic) bond motifs is 1. The van der Waals surface area contributed by atoms with Crippen LogP contribution in [0.4, 0.5) is 13.2 Å². The topological polar surface area (TPSA) is 65.5 Å². The Morgan fingerprint density at radius 1 is 0.920 bits per heavy atom. The number of aromatic nitrogens is 1. The first-order chi connectivity index (χ1) is 11.7. The van der Waals surface area contributed by atoms with Crippen LogP contribution in [-0.4, -0.2) is 19.8 Å². The van der Waals surface area contributed by atoms with Gasteiger partial charge in [0.05, 0.1) is 0 Å². The third-order valence-corrected chi connectivity index (χ3v) is 4.39. The molecule has 0 unspecified atom stereocenters. The summed E-state index contributed by atoms with van der Waals surface area (Å²) >= 11 is 0. The van der Waals surface area contributed by atoms with Crippen LogP contribution < -0.4 is 8.92 Å². The van der Waals surface area contributed by atoms with E-state index in [1.54, 1.807) is 24.3 Å².